The molecule has 0 aromatic heterocycles. The lowest BCUT2D eigenvalue weighted by Gasteiger charge is -2.45. The Morgan fingerprint density at radius 3 is 2.26 bits per heavy atom. The van der Waals surface area contributed by atoms with E-state index in [0.29, 0.717) is 5.92 Å². The van der Waals surface area contributed by atoms with Crippen LogP contribution in [0.25, 0.3) is 0 Å². The lowest BCUT2D eigenvalue weighted by molar-refractivity contribution is 0.540. The topological polar surface area (TPSA) is 6.48 Å². The van der Waals surface area contributed by atoms with E-state index in [2.05, 4.69) is 122 Å². The van der Waals surface area contributed by atoms with Gasteiger partial charge in [0.25, 0.3) is 0 Å². The van der Waals surface area contributed by atoms with E-state index in [9.17, 15) is 0 Å². The van der Waals surface area contributed by atoms with Crippen molar-refractivity contribution in [3.63, 3.8) is 0 Å². The first-order chi connectivity index (χ1) is 16.5. The van der Waals surface area contributed by atoms with Crippen molar-refractivity contribution in [1.82, 2.24) is 0 Å². The lowest BCUT2D eigenvalue weighted by atomic mass is 9.35. The third kappa shape index (κ3) is 2.55. The van der Waals surface area contributed by atoms with E-state index in [0.717, 1.165) is 0 Å². The highest BCUT2D eigenvalue weighted by Crippen LogP contribution is 2.54. The van der Waals surface area contributed by atoms with Crippen LogP contribution in [0.4, 0.5) is 22.7 Å². The largest absolute Gasteiger partial charge is 0.317 e. The standard InChI is InChI=1S/C30H27BN2S/c1-19(2)20-17-25-28-27(18-20)34-26-16-9-8-13-22(26)31(28)23-14-10-15-24-29(23)33(25)30(3,4)32(24)21-11-6-5-7-12-21/h5-19H,1-4H3. The van der Waals surface area contributed by atoms with Gasteiger partial charge in [-0.05, 0) is 72.7 Å². The van der Waals surface area contributed by atoms with Gasteiger partial charge in [0.2, 0.25) is 6.71 Å². The quantitative estimate of drug-likeness (QED) is 0.294. The summed E-state index contributed by atoms with van der Waals surface area (Å²) in [5.74, 6) is 0.477. The number of anilines is 4. The van der Waals surface area contributed by atoms with Crippen LogP contribution in [0.15, 0.2) is 94.7 Å². The number of hydrogen-bond donors (Lipinski definition) is 0. The van der Waals surface area contributed by atoms with Gasteiger partial charge in [0, 0.05) is 21.2 Å². The maximum absolute atomic E-state index is 2.63. The molecule has 4 aromatic carbocycles. The summed E-state index contributed by atoms with van der Waals surface area (Å²) in [6, 6.07) is 31.7. The van der Waals surface area contributed by atoms with E-state index < -0.39 is 0 Å². The van der Waals surface area contributed by atoms with Crippen molar-refractivity contribution in [3.8, 4) is 0 Å². The first-order valence-corrected chi connectivity index (χ1v) is 13.0. The van der Waals surface area contributed by atoms with Crippen LogP contribution in [0.3, 0.4) is 0 Å². The van der Waals surface area contributed by atoms with Crippen LogP contribution in [0.5, 0.6) is 0 Å². The lowest BCUT2D eigenvalue weighted by Crippen LogP contribution is -2.62. The summed E-state index contributed by atoms with van der Waals surface area (Å²) >= 11 is 1.94. The highest BCUT2D eigenvalue weighted by Gasteiger charge is 2.51. The van der Waals surface area contributed by atoms with Crippen molar-refractivity contribution in [1.29, 1.82) is 0 Å². The van der Waals surface area contributed by atoms with Gasteiger partial charge in [-0.2, -0.15) is 0 Å². The molecule has 0 fully saturated rings. The average Bonchev–Trinajstić information content (AvgIpc) is 3.08. The molecule has 0 unspecified atom stereocenters. The second-order valence-electron chi connectivity index (χ2n) is 10.4. The van der Waals surface area contributed by atoms with Crippen LogP contribution < -0.4 is 26.2 Å². The molecule has 0 N–H and O–H groups in total. The molecule has 34 heavy (non-hydrogen) atoms. The monoisotopic (exact) mass is 458 g/mol. The molecule has 4 heteroatoms. The normalized spacial score (nSPS) is 16.4. The van der Waals surface area contributed by atoms with Crippen molar-refractivity contribution in [2.24, 2.45) is 0 Å². The summed E-state index contributed by atoms with van der Waals surface area (Å²) in [5, 5.41) is 0. The Bertz CT molecular complexity index is 1460. The third-order valence-electron chi connectivity index (χ3n) is 7.72. The summed E-state index contributed by atoms with van der Waals surface area (Å²) in [6.07, 6.45) is 0. The summed E-state index contributed by atoms with van der Waals surface area (Å²) < 4.78 is 0. The Kier molecular flexibility index (Phi) is 4.15. The second kappa shape index (κ2) is 6.96. The van der Waals surface area contributed by atoms with Crippen LogP contribution >= 0.6 is 11.8 Å². The number of fused-ring (bicyclic) bond motifs is 4. The molecular formula is C30H27BN2S. The molecule has 0 radical (unpaired) electrons. The van der Waals surface area contributed by atoms with Crippen LogP contribution in [-0.4, -0.2) is 12.4 Å². The van der Waals surface area contributed by atoms with Crippen LogP contribution in [0, 0.1) is 0 Å². The van der Waals surface area contributed by atoms with Crippen molar-refractivity contribution in [2.75, 3.05) is 9.80 Å². The molecule has 4 aromatic rings. The van der Waals surface area contributed by atoms with Gasteiger partial charge >= 0.3 is 0 Å². The highest BCUT2D eigenvalue weighted by molar-refractivity contribution is 8.00. The SMILES string of the molecule is CC(C)c1cc2c3c(c1)N1c4c(cccc4N(c4ccccc4)C1(C)C)B3c1ccccc1S2. The zero-order valence-electron chi connectivity index (χ0n) is 20.0. The fraction of sp³-hybridized carbons (Fsp3) is 0.200. The summed E-state index contributed by atoms with van der Waals surface area (Å²) in [4.78, 5) is 7.95. The minimum Gasteiger partial charge on any atom is -0.317 e. The molecule has 0 atom stereocenters. The van der Waals surface area contributed by atoms with E-state index in [4.69, 9.17) is 0 Å². The molecule has 0 amide bonds. The summed E-state index contributed by atoms with van der Waals surface area (Å²) in [5.41, 5.74) is 10.8. The first kappa shape index (κ1) is 20.3. The maximum Gasteiger partial charge on any atom is 0.249 e. The Labute approximate surface area is 206 Å². The predicted molar refractivity (Wildman–Crippen MR) is 147 cm³/mol. The van der Waals surface area contributed by atoms with Gasteiger partial charge in [-0.25, -0.2) is 0 Å². The highest BCUT2D eigenvalue weighted by atomic mass is 32.2. The van der Waals surface area contributed by atoms with E-state index in [1.54, 1.807) is 0 Å². The minimum absolute atomic E-state index is 0.240. The molecule has 2 nitrogen and oxygen atoms in total. The fourth-order valence-electron chi connectivity index (χ4n) is 6.26. The Morgan fingerprint density at radius 2 is 1.47 bits per heavy atom. The average molecular weight is 458 g/mol. The summed E-state index contributed by atoms with van der Waals surface area (Å²) in [6.45, 7) is 9.61. The molecule has 3 aliphatic heterocycles. The number of nitrogens with zero attached hydrogens (tertiary/aromatic N) is 2. The third-order valence-corrected chi connectivity index (χ3v) is 8.87. The van der Waals surface area contributed by atoms with Crippen molar-refractivity contribution in [3.05, 3.63) is 90.5 Å². The number of para-hydroxylation sites is 2. The van der Waals surface area contributed by atoms with Crippen LogP contribution in [0.1, 0.15) is 39.2 Å². The molecule has 3 heterocycles. The second-order valence-corrected chi connectivity index (χ2v) is 11.5. The molecule has 7 rings (SSSR count). The van der Waals surface area contributed by atoms with Gasteiger partial charge in [0.1, 0.15) is 5.66 Å². The van der Waals surface area contributed by atoms with E-state index in [1.807, 2.05) is 11.8 Å². The Hall–Kier alpha value is -3.11. The van der Waals surface area contributed by atoms with Gasteiger partial charge in [-0.1, -0.05) is 79.6 Å². The molecule has 0 bridgehead atoms. The fourth-order valence-corrected chi connectivity index (χ4v) is 7.47. The molecular weight excluding hydrogens is 431 g/mol. The molecule has 166 valence electrons. The Morgan fingerprint density at radius 1 is 0.735 bits per heavy atom. The van der Waals surface area contributed by atoms with Gasteiger partial charge in [-0.3, -0.25) is 0 Å². The zero-order valence-corrected chi connectivity index (χ0v) is 20.9. The zero-order chi connectivity index (χ0) is 23.2. The maximum atomic E-state index is 2.63. The van der Waals surface area contributed by atoms with Gasteiger partial charge < -0.3 is 9.80 Å². The van der Waals surface area contributed by atoms with Gasteiger partial charge in [0.15, 0.2) is 0 Å². The van der Waals surface area contributed by atoms with Crippen molar-refractivity contribution in [2.45, 2.75) is 49.1 Å². The molecule has 0 aliphatic carbocycles. The number of rotatable bonds is 2. The number of benzene rings is 4. The Balaban J connectivity index is 1.59. The molecule has 0 saturated heterocycles. The van der Waals surface area contributed by atoms with Crippen LogP contribution in [-0.2, 0) is 0 Å². The number of hydrogen-bond acceptors (Lipinski definition) is 3. The minimum atomic E-state index is -0.240. The van der Waals surface area contributed by atoms with E-state index in [-0.39, 0.29) is 12.4 Å². The smallest absolute Gasteiger partial charge is 0.249 e. The van der Waals surface area contributed by atoms with Crippen LogP contribution in [0.2, 0.25) is 0 Å². The first-order valence-electron chi connectivity index (χ1n) is 12.2. The van der Waals surface area contributed by atoms with E-state index in [1.165, 1.54) is 54.5 Å². The van der Waals surface area contributed by atoms with Gasteiger partial charge in [0.05, 0.1) is 11.4 Å². The van der Waals surface area contributed by atoms with E-state index >= 15 is 0 Å². The molecule has 3 aliphatic rings. The van der Waals surface area contributed by atoms with Crippen molar-refractivity contribution < 1.29 is 0 Å². The molecule has 0 spiro atoms. The molecule has 0 saturated carbocycles. The summed E-state index contributed by atoms with van der Waals surface area (Å²) in [7, 11) is 0. The van der Waals surface area contributed by atoms with Gasteiger partial charge in [-0.15, -0.1) is 0 Å². The predicted octanol–water partition coefficient (Wildman–Crippen LogP) is 6.13. The van der Waals surface area contributed by atoms with Crippen molar-refractivity contribution >= 4 is 57.6 Å².